The third-order valence-corrected chi connectivity index (χ3v) is 3.53. The van der Waals surface area contributed by atoms with E-state index in [1.54, 1.807) is 6.07 Å². The van der Waals surface area contributed by atoms with Crippen LogP contribution >= 0.6 is 0 Å². The van der Waals surface area contributed by atoms with E-state index in [1.165, 1.54) is 12.1 Å². The van der Waals surface area contributed by atoms with Gasteiger partial charge in [-0.25, -0.2) is 4.39 Å². The molecule has 1 N–H and O–H groups in total. The van der Waals surface area contributed by atoms with Gasteiger partial charge < -0.3 is 5.11 Å². The molecule has 0 radical (unpaired) electrons. The van der Waals surface area contributed by atoms with Gasteiger partial charge in [0.1, 0.15) is 5.82 Å². The van der Waals surface area contributed by atoms with Crippen molar-refractivity contribution >= 4 is 0 Å². The standard InChI is InChI=1S/C14H21FO/c1-5-11(3)14(4,16)9-12-6-7-13(15)8-10(12)2/h6-8,11,16H,5,9H2,1-4H3. The predicted molar refractivity (Wildman–Crippen MR) is 64.9 cm³/mol. The second-order valence-corrected chi connectivity index (χ2v) is 4.91. The summed E-state index contributed by atoms with van der Waals surface area (Å²) in [5.74, 6) is 0.0152. The fourth-order valence-electron chi connectivity index (χ4n) is 1.86. The first-order valence-corrected chi connectivity index (χ1v) is 5.84. The van der Waals surface area contributed by atoms with Gasteiger partial charge in [0.05, 0.1) is 5.60 Å². The first-order valence-electron chi connectivity index (χ1n) is 5.84. The van der Waals surface area contributed by atoms with Gasteiger partial charge >= 0.3 is 0 Å². The molecule has 2 heteroatoms. The van der Waals surface area contributed by atoms with Crippen LogP contribution in [0.1, 0.15) is 38.3 Å². The van der Waals surface area contributed by atoms with E-state index in [9.17, 15) is 9.50 Å². The number of aliphatic hydroxyl groups is 1. The number of hydrogen-bond donors (Lipinski definition) is 1. The molecule has 0 aliphatic carbocycles. The van der Waals surface area contributed by atoms with Crippen molar-refractivity contribution in [2.45, 2.75) is 46.1 Å². The number of rotatable bonds is 4. The highest BCUT2D eigenvalue weighted by Crippen LogP contribution is 2.26. The lowest BCUT2D eigenvalue weighted by Gasteiger charge is -2.30. The van der Waals surface area contributed by atoms with Gasteiger partial charge in [-0.05, 0) is 43.0 Å². The topological polar surface area (TPSA) is 20.2 Å². The van der Waals surface area contributed by atoms with Gasteiger partial charge in [0.15, 0.2) is 0 Å². The highest BCUT2D eigenvalue weighted by atomic mass is 19.1. The molecule has 0 saturated heterocycles. The maximum absolute atomic E-state index is 12.9. The minimum absolute atomic E-state index is 0.218. The number of halogens is 1. The van der Waals surface area contributed by atoms with Gasteiger partial charge in [0.2, 0.25) is 0 Å². The van der Waals surface area contributed by atoms with Gasteiger partial charge in [0, 0.05) is 6.42 Å². The fraction of sp³-hybridized carbons (Fsp3) is 0.571. The van der Waals surface area contributed by atoms with Crippen molar-refractivity contribution in [2.75, 3.05) is 0 Å². The van der Waals surface area contributed by atoms with Gasteiger partial charge in [-0.1, -0.05) is 26.3 Å². The summed E-state index contributed by atoms with van der Waals surface area (Å²) in [5.41, 5.74) is 1.20. The smallest absolute Gasteiger partial charge is 0.123 e. The normalized spacial score (nSPS) is 16.9. The monoisotopic (exact) mass is 224 g/mol. The van der Waals surface area contributed by atoms with Gasteiger partial charge in [0.25, 0.3) is 0 Å². The van der Waals surface area contributed by atoms with Gasteiger partial charge in [-0.2, -0.15) is 0 Å². The molecule has 1 aromatic carbocycles. The molecular formula is C14H21FO. The summed E-state index contributed by atoms with van der Waals surface area (Å²) in [5, 5.41) is 10.3. The van der Waals surface area contributed by atoms with E-state index in [4.69, 9.17) is 0 Å². The molecule has 0 amide bonds. The van der Waals surface area contributed by atoms with Gasteiger partial charge in [-0.3, -0.25) is 0 Å². The van der Waals surface area contributed by atoms with Crippen LogP contribution in [0, 0.1) is 18.7 Å². The zero-order valence-corrected chi connectivity index (χ0v) is 10.5. The Hall–Kier alpha value is -0.890. The molecule has 2 unspecified atom stereocenters. The molecule has 0 heterocycles. The molecule has 16 heavy (non-hydrogen) atoms. The average molecular weight is 224 g/mol. The zero-order valence-electron chi connectivity index (χ0n) is 10.5. The molecule has 0 aromatic heterocycles. The summed E-state index contributed by atoms with van der Waals surface area (Å²) >= 11 is 0. The summed E-state index contributed by atoms with van der Waals surface area (Å²) in [7, 11) is 0. The molecular weight excluding hydrogens is 203 g/mol. The molecule has 90 valence electrons. The lowest BCUT2D eigenvalue weighted by Crippen LogP contribution is -2.35. The average Bonchev–Trinajstić information content (AvgIpc) is 2.21. The molecule has 0 aliphatic heterocycles. The van der Waals surface area contributed by atoms with E-state index >= 15 is 0 Å². The van der Waals surface area contributed by atoms with Crippen molar-refractivity contribution in [3.63, 3.8) is 0 Å². The third kappa shape index (κ3) is 3.05. The summed E-state index contributed by atoms with van der Waals surface area (Å²) in [4.78, 5) is 0. The minimum atomic E-state index is -0.725. The Labute approximate surface area is 97.3 Å². The molecule has 0 aliphatic rings. The van der Waals surface area contributed by atoms with E-state index in [2.05, 4.69) is 6.92 Å². The van der Waals surface area contributed by atoms with E-state index in [0.717, 1.165) is 17.5 Å². The van der Waals surface area contributed by atoms with Crippen molar-refractivity contribution in [2.24, 2.45) is 5.92 Å². The summed E-state index contributed by atoms with van der Waals surface area (Å²) in [6.07, 6.45) is 1.52. The summed E-state index contributed by atoms with van der Waals surface area (Å²) in [6.45, 7) is 7.84. The SMILES string of the molecule is CCC(C)C(C)(O)Cc1ccc(F)cc1C. The van der Waals surface area contributed by atoms with Crippen LogP contribution in [-0.2, 0) is 6.42 Å². The molecule has 0 bridgehead atoms. The summed E-state index contributed by atoms with van der Waals surface area (Å²) < 4.78 is 12.9. The maximum Gasteiger partial charge on any atom is 0.123 e. The fourth-order valence-corrected chi connectivity index (χ4v) is 1.86. The Morgan fingerprint density at radius 3 is 2.56 bits per heavy atom. The molecule has 0 fully saturated rings. The van der Waals surface area contributed by atoms with Crippen molar-refractivity contribution in [1.29, 1.82) is 0 Å². The number of aryl methyl sites for hydroxylation is 1. The van der Waals surface area contributed by atoms with Crippen LogP contribution in [-0.4, -0.2) is 10.7 Å². The zero-order chi connectivity index (χ0) is 12.3. The molecule has 1 nitrogen and oxygen atoms in total. The van der Waals surface area contributed by atoms with E-state index in [1.807, 2.05) is 20.8 Å². The molecule has 1 rings (SSSR count). The largest absolute Gasteiger partial charge is 0.390 e. The van der Waals surface area contributed by atoms with Crippen LogP contribution in [0.4, 0.5) is 4.39 Å². The highest BCUT2D eigenvalue weighted by Gasteiger charge is 2.27. The van der Waals surface area contributed by atoms with Crippen LogP contribution in [0.25, 0.3) is 0 Å². The second-order valence-electron chi connectivity index (χ2n) is 4.91. The molecule has 0 saturated carbocycles. The number of benzene rings is 1. The van der Waals surface area contributed by atoms with Crippen molar-refractivity contribution in [3.8, 4) is 0 Å². The Morgan fingerprint density at radius 2 is 2.06 bits per heavy atom. The Morgan fingerprint density at radius 1 is 1.44 bits per heavy atom. The van der Waals surface area contributed by atoms with Gasteiger partial charge in [-0.15, -0.1) is 0 Å². The first kappa shape index (κ1) is 13.2. The Balaban J connectivity index is 2.87. The summed E-state index contributed by atoms with van der Waals surface area (Å²) in [6, 6.07) is 4.73. The Bertz CT molecular complexity index is 358. The molecule has 0 spiro atoms. The van der Waals surface area contributed by atoms with E-state index in [0.29, 0.717) is 6.42 Å². The number of hydrogen-bond acceptors (Lipinski definition) is 1. The van der Waals surface area contributed by atoms with Crippen molar-refractivity contribution < 1.29 is 9.50 Å². The lowest BCUT2D eigenvalue weighted by molar-refractivity contribution is 0.00502. The van der Waals surface area contributed by atoms with Crippen LogP contribution in [0.3, 0.4) is 0 Å². The van der Waals surface area contributed by atoms with Crippen LogP contribution in [0.5, 0.6) is 0 Å². The lowest BCUT2D eigenvalue weighted by atomic mass is 9.82. The molecule has 1 aromatic rings. The van der Waals surface area contributed by atoms with Crippen molar-refractivity contribution in [3.05, 3.63) is 35.1 Å². The quantitative estimate of drug-likeness (QED) is 0.830. The van der Waals surface area contributed by atoms with Crippen LogP contribution in [0.15, 0.2) is 18.2 Å². The molecule has 2 atom stereocenters. The van der Waals surface area contributed by atoms with Crippen LogP contribution in [0.2, 0.25) is 0 Å². The second kappa shape index (κ2) is 4.96. The van der Waals surface area contributed by atoms with Crippen LogP contribution < -0.4 is 0 Å². The minimum Gasteiger partial charge on any atom is -0.390 e. The van der Waals surface area contributed by atoms with Crippen molar-refractivity contribution in [1.82, 2.24) is 0 Å². The van der Waals surface area contributed by atoms with E-state index in [-0.39, 0.29) is 11.7 Å². The maximum atomic E-state index is 12.9. The predicted octanol–water partition coefficient (Wildman–Crippen LogP) is 3.47. The Kier molecular flexibility index (Phi) is 4.09. The third-order valence-electron chi connectivity index (χ3n) is 3.53. The van der Waals surface area contributed by atoms with E-state index < -0.39 is 5.60 Å². The highest BCUT2D eigenvalue weighted by molar-refractivity contribution is 5.28. The first-order chi connectivity index (χ1) is 7.36.